The lowest BCUT2D eigenvalue weighted by Gasteiger charge is -2.17. The summed E-state index contributed by atoms with van der Waals surface area (Å²) in [7, 11) is 1.27. The Balaban J connectivity index is 1.73. The molecule has 1 unspecified atom stereocenters. The Labute approximate surface area is 165 Å². The number of carbonyl (C=O) groups excluding carboxylic acids is 2. The highest BCUT2D eigenvalue weighted by Gasteiger charge is 2.22. The van der Waals surface area contributed by atoms with Crippen LogP contribution in [0.3, 0.4) is 0 Å². The number of aromatic nitrogens is 2. The number of amides is 1. The summed E-state index contributed by atoms with van der Waals surface area (Å²) >= 11 is 1.49. The standard InChI is InChI=1S/C20H19N3O4S/c1-27-20(26)16(12-14-6-3-2-4-7-14)21-18(24)13-23-19(25)10-9-15(22-23)17-8-5-11-28-17/h2-11,16H,12-13H2,1H3,(H,21,24). The molecular formula is C20H19N3O4S. The SMILES string of the molecule is COC(=O)C(Cc1ccccc1)NC(=O)Cn1nc(-c2cccs2)ccc1=O. The molecule has 0 fully saturated rings. The summed E-state index contributed by atoms with van der Waals surface area (Å²) in [6.45, 7) is -0.291. The van der Waals surface area contributed by atoms with E-state index in [1.54, 1.807) is 6.07 Å². The minimum absolute atomic E-state index is 0.289. The van der Waals surface area contributed by atoms with Crippen molar-refractivity contribution in [2.75, 3.05) is 7.11 Å². The van der Waals surface area contributed by atoms with E-state index in [9.17, 15) is 14.4 Å². The molecule has 28 heavy (non-hydrogen) atoms. The van der Waals surface area contributed by atoms with Crippen LogP contribution in [0.4, 0.5) is 0 Å². The Morgan fingerprint density at radius 2 is 1.93 bits per heavy atom. The van der Waals surface area contributed by atoms with Gasteiger partial charge in [-0.05, 0) is 23.1 Å². The second kappa shape index (κ2) is 9.09. The summed E-state index contributed by atoms with van der Waals surface area (Å²) in [4.78, 5) is 37.5. The van der Waals surface area contributed by atoms with E-state index in [4.69, 9.17) is 4.74 Å². The molecule has 0 aliphatic rings. The van der Waals surface area contributed by atoms with E-state index in [0.29, 0.717) is 5.69 Å². The molecule has 0 radical (unpaired) electrons. The number of thiophene rings is 1. The summed E-state index contributed by atoms with van der Waals surface area (Å²) < 4.78 is 5.88. The van der Waals surface area contributed by atoms with E-state index >= 15 is 0 Å². The first kappa shape index (κ1) is 19.5. The Kier molecular flexibility index (Phi) is 6.33. The van der Waals surface area contributed by atoms with Crippen LogP contribution < -0.4 is 10.9 Å². The van der Waals surface area contributed by atoms with Gasteiger partial charge in [-0.1, -0.05) is 36.4 Å². The van der Waals surface area contributed by atoms with Crippen LogP contribution in [0.5, 0.6) is 0 Å². The maximum Gasteiger partial charge on any atom is 0.328 e. The fourth-order valence-electron chi connectivity index (χ4n) is 2.68. The number of rotatable bonds is 7. The zero-order valence-corrected chi connectivity index (χ0v) is 16.0. The predicted octanol–water partition coefficient (Wildman–Crippen LogP) is 1.87. The maximum absolute atomic E-state index is 12.5. The Hall–Kier alpha value is -3.26. The number of ether oxygens (including phenoxy) is 1. The Morgan fingerprint density at radius 3 is 2.61 bits per heavy atom. The van der Waals surface area contributed by atoms with Gasteiger partial charge in [-0.25, -0.2) is 9.48 Å². The topological polar surface area (TPSA) is 90.3 Å². The van der Waals surface area contributed by atoms with Crippen molar-refractivity contribution < 1.29 is 14.3 Å². The first-order valence-corrected chi connectivity index (χ1v) is 9.48. The molecule has 1 atom stereocenters. The minimum atomic E-state index is -0.851. The smallest absolute Gasteiger partial charge is 0.328 e. The van der Waals surface area contributed by atoms with Crippen molar-refractivity contribution in [2.45, 2.75) is 19.0 Å². The van der Waals surface area contributed by atoms with Gasteiger partial charge in [0.05, 0.1) is 12.0 Å². The molecule has 1 amide bonds. The molecule has 0 bridgehead atoms. The van der Waals surface area contributed by atoms with Gasteiger partial charge in [0, 0.05) is 12.5 Å². The lowest BCUT2D eigenvalue weighted by molar-refractivity contribution is -0.145. The minimum Gasteiger partial charge on any atom is -0.467 e. The van der Waals surface area contributed by atoms with Gasteiger partial charge >= 0.3 is 5.97 Å². The first-order valence-electron chi connectivity index (χ1n) is 8.60. The van der Waals surface area contributed by atoms with E-state index in [2.05, 4.69) is 10.4 Å². The number of hydrogen-bond acceptors (Lipinski definition) is 6. The molecule has 7 nitrogen and oxygen atoms in total. The fraction of sp³-hybridized carbons (Fsp3) is 0.200. The highest BCUT2D eigenvalue weighted by Crippen LogP contribution is 2.21. The summed E-state index contributed by atoms with van der Waals surface area (Å²) in [5.41, 5.74) is 1.09. The number of carbonyl (C=O) groups is 2. The lowest BCUT2D eigenvalue weighted by Crippen LogP contribution is -2.45. The molecule has 1 aromatic carbocycles. The normalized spacial score (nSPS) is 11.6. The highest BCUT2D eigenvalue weighted by atomic mass is 32.1. The predicted molar refractivity (Wildman–Crippen MR) is 106 cm³/mol. The summed E-state index contributed by atoms with van der Waals surface area (Å²) in [6, 6.07) is 15.2. The quantitative estimate of drug-likeness (QED) is 0.615. The number of esters is 1. The van der Waals surface area contributed by atoms with Crippen molar-refractivity contribution in [1.82, 2.24) is 15.1 Å². The van der Waals surface area contributed by atoms with Crippen molar-refractivity contribution in [3.63, 3.8) is 0 Å². The third kappa shape index (κ3) is 4.92. The molecule has 1 N–H and O–H groups in total. The van der Waals surface area contributed by atoms with Crippen molar-refractivity contribution in [3.8, 4) is 10.6 Å². The third-order valence-corrected chi connectivity index (χ3v) is 4.93. The van der Waals surface area contributed by atoms with E-state index < -0.39 is 23.5 Å². The third-order valence-electron chi connectivity index (χ3n) is 4.04. The second-order valence-electron chi connectivity index (χ2n) is 6.02. The number of hydrogen-bond donors (Lipinski definition) is 1. The molecule has 2 heterocycles. The van der Waals surface area contributed by atoms with Crippen LogP contribution in [-0.4, -0.2) is 34.8 Å². The first-order chi connectivity index (χ1) is 13.6. The van der Waals surface area contributed by atoms with Gasteiger partial charge in [-0.2, -0.15) is 5.10 Å². The molecule has 2 aromatic heterocycles. The van der Waals surface area contributed by atoms with Crippen LogP contribution >= 0.6 is 11.3 Å². The Bertz CT molecular complexity index is 1000. The zero-order chi connectivity index (χ0) is 19.9. The lowest BCUT2D eigenvalue weighted by atomic mass is 10.1. The Morgan fingerprint density at radius 1 is 1.14 bits per heavy atom. The molecule has 144 valence electrons. The van der Waals surface area contributed by atoms with Crippen LogP contribution in [0.2, 0.25) is 0 Å². The number of methoxy groups -OCH3 is 1. The van der Waals surface area contributed by atoms with Gasteiger partial charge in [-0.15, -0.1) is 11.3 Å². The van der Waals surface area contributed by atoms with Gasteiger partial charge in [0.15, 0.2) is 0 Å². The van der Waals surface area contributed by atoms with Crippen LogP contribution in [0, 0.1) is 0 Å². The van der Waals surface area contributed by atoms with E-state index in [1.165, 1.54) is 24.5 Å². The van der Waals surface area contributed by atoms with Gasteiger partial charge < -0.3 is 10.1 Å². The summed E-state index contributed by atoms with van der Waals surface area (Å²) in [6.07, 6.45) is 0.289. The monoisotopic (exact) mass is 397 g/mol. The maximum atomic E-state index is 12.5. The molecule has 3 aromatic rings. The molecule has 0 aliphatic carbocycles. The van der Waals surface area contributed by atoms with Gasteiger partial charge in [0.25, 0.3) is 5.56 Å². The molecular weight excluding hydrogens is 378 g/mol. The van der Waals surface area contributed by atoms with Crippen LogP contribution in [0.25, 0.3) is 10.6 Å². The zero-order valence-electron chi connectivity index (χ0n) is 15.2. The summed E-state index contributed by atoms with van der Waals surface area (Å²) in [5.74, 6) is -1.05. The summed E-state index contributed by atoms with van der Waals surface area (Å²) in [5, 5.41) is 8.79. The average molecular weight is 397 g/mol. The van der Waals surface area contributed by atoms with Crippen LogP contribution in [0.15, 0.2) is 64.8 Å². The number of benzene rings is 1. The fourth-order valence-corrected chi connectivity index (χ4v) is 3.37. The molecule has 0 saturated heterocycles. The van der Waals surface area contributed by atoms with E-state index in [0.717, 1.165) is 15.1 Å². The largest absolute Gasteiger partial charge is 0.467 e. The average Bonchev–Trinajstić information content (AvgIpc) is 3.24. The van der Waals surface area contributed by atoms with Crippen molar-refractivity contribution >= 4 is 23.2 Å². The molecule has 8 heteroatoms. The van der Waals surface area contributed by atoms with Crippen LogP contribution in [0.1, 0.15) is 5.56 Å². The van der Waals surface area contributed by atoms with Crippen molar-refractivity contribution in [1.29, 1.82) is 0 Å². The number of nitrogens with one attached hydrogen (secondary N) is 1. The molecule has 3 rings (SSSR count). The second-order valence-corrected chi connectivity index (χ2v) is 6.97. The molecule has 0 aliphatic heterocycles. The highest BCUT2D eigenvalue weighted by molar-refractivity contribution is 7.13. The van der Waals surface area contributed by atoms with E-state index in [-0.39, 0.29) is 13.0 Å². The van der Waals surface area contributed by atoms with E-state index in [1.807, 2.05) is 47.8 Å². The van der Waals surface area contributed by atoms with Gasteiger partial charge in [-0.3, -0.25) is 9.59 Å². The van der Waals surface area contributed by atoms with Gasteiger partial charge in [0.1, 0.15) is 18.3 Å². The van der Waals surface area contributed by atoms with Gasteiger partial charge in [0.2, 0.25) is 5.91 Å². The van der Waals surface area contributed by atoms with Crippen LogP contribution in [-0.2, 0) is 27.3 Å². The van der Waals surface area contributed by atoms with Crippen molar-refractivity contribution in [2.24, 2.45) is 0 Å². The molecule has 0 spiro atoms. The number of nitrogens with zero attached hydrogens (tertiary/aromatic N) is 2. The molecule has 0 saturated carbocycles. The van der Waals surface area contributed by atoms with Crippen molar-refractivity contribution in [3.05, 3.63) is 75.9 Å².